The van der Waals surface area contributed by atoms with Crippen LogP contribution in [0.5, 0.6) is 0 Å². The lowest BCUT2D eigenvalue weighted by atomic mass is 10.3. The predicted octanol–water partition coefficient (Wildman–Crippen LogP) is 2.80. The third-order valence-corrected chi connectivity index (χ3v) is 3.09. The van der Waals surface area contributed by atoms with Gasteiger partial charge in [-0.2, -0.15) is 0 Å². The third-order valence-electron chi connectivity index (χ3n) is 1.50. The summed E-state index contributed by atoms with van der Waals surface area (Å²) in [5, 5.41) is 1.67. The molecule has 1 aromatic rings. The van der Waals surface area contributed by atoms with Gasteiger partial charge in [0.15, 0.2) is 0 Å². The van der Waals surface area contributed by atoms with Gasteiger partial charge in [-0.3, -0.25) is 4.21 Å². The molecule has 0 saturated carbocycles. The largest absolute Gasteiger partial charge is 0.465 e. The molecule has 0 aromatic carbocycles. The highest BCUT2D eigenvalue weighted by atomic mass is 32.2. The molecule has 0 aliphatic carbocycles. The van der Waals surface area contributed by atoms with E-state index < -0.39 is 10.8 Å². The Balaban J connectivity index is 2.65. The Morgan fingerprint density at radius 1 is 1.46 bits per heavy atom. The Morgan fingerprint density at radius 2 is 2.15 bits per heavy atom. The van der Waals surface area contributed by atoms with Crippen molar-refractivity contribution < 1.29 is 8.63 Å². The summed E-state index contributed by atoms with van der Waals surface area (Å²) in [6.45, 7) is 5.82. The Morgan fingerprint density at radius 3 is 2.62 bits per heavy atom. The zero-order valence-electron chi connectivity index (χ0n) is 8.11. The molecule has 0 aliphatic rings. The van der Waals surface area contributed by atoms with Gasteiger partial charge in [0.25, 0.3) is 0 Å². The van der Waals surface area contributed by atoms with Crippen molar-refractivity contribution in [1.82, 2.24) is 0 Å². The van der Waals surface area contributed by atoms with Crippen LogP contribution in [0.25, 0.3) is 6.08 Å². The van der Waals surface area contributed by atoms with Gasteiger partial charge >= 0.3 is 0 Å². The lowest BCUT2D eigenvalue weighted by Gasteiger charge is -2.13. The van der Waals surface area contributed by atoms with E-state index in [1.54, 1.807) is 23.8 Å². The quantitative estimate of drug-likeness (QED) is 0.731. The van der Waals surface area contributed by atoms with E-state index in [2.05, 4.69) is 0 Å². The second kappa shape index (κ2) is 3.92. The van der Waals surface area contributed by atoms with Crippen LogP contribution in [0.15, 0.2) is 28.2 Å². The number of rotatable bonds is 2. The first-order chi connectivity index (χ1) is 6.00. The van der Waals surface area contributed by atoms with E-state index in [-0.39, 0.29) is 4.75 Å². The highest BCUT2D eigenvalue weighted by molar-refractivity contribution is 7.89. The van der Waals surface area contributed by atoms with E-state index in [9.17, 15) is 4.21 Å². The molecule has 1 heterocycles. The summed E-state index contributed by atoms with van der Waals surface area (Å²) in [6.07, 6.45) is 3.33. The summed E-state index contributed by atoms with van der Waals surface area (Å²) in [4.78, 5) is 0. The first kappa shape index (κ1) is 10.3. The number of hydrogen-bond acceptors (Lipinski definition) is 2. The molecule has 13 heavy (non-hydrogen) atoms. The summed E-state index contributed by atoms with van der Waals surface area (Å²) in [6, 6.07) is 3.63. The summed E-state index contributed by atoms with van der Waals surface area (Å²) >= 11 is 0. The molecule has 2 nitrogen and oxygen atoms in total. The van der Waals surface area contributed by atoms with Crippen molar-refractivity contribution in [3.05, 3.63) is 29.6 Å². The molecular formula is C10H14O2S. The van der Waals surface area contributed by atoms with Gasteiger partial charge in [-0.1, -0.05) is 0 Å². The minimum absolute atomic E-state index is 0.205. The molecule has 0 amide bonds. The molecule has 72 valence electrons. The van der Waals surface area contributed by atoms with Crippen LogP contribution in [0.1, 0.15) is 26.5 Å². The summed E-state index contributed by atoms with van der Waals surface area (Å²) in [5.41, 5.74) is 0. The topological polar surface area (TPSA) is 30.2 Å². The van der Waals surface area contributed by atoms with Crippen LogP contribution in [-0.2, 0) is 10.8 Å². The first-order valence-electron chi connectivity index (χ1n) is 4.12. The normalized spacial score (nSPS) is 15.0. The number of hydrogen-bond donors (Lipinski definition) is 0. The monoisotopic (exact) mass is 198 g/mol. The summed E-state index contributed by atoms with van der Waals surface area (Å²) in [5.74, 6) is 0.734. The van der Waals surface area contributed by atoms with Crippen LogP contribution in [0.4, 0.5) is 0 Å². The van der Waals surface area contributed by atoms with Crippen molar-refractivity contribution in [3.63, 3.8) is 0 Å². The van der Waals surface area contributed by atoms with Crippen LogP contribution in [0, 0.1) is 0 Å². The molecule has 1 rings (SSSR count). The maximum absolute atomic E-state index is 11.5. The number of furan rings is 1. The zero-order valence-corrected chi connectivity index (χ0v) is 8.93. The Kier molecular flexibility index (Phi) is 3.09. The molecule has 0 radical (unpaired) electrons. The molecule has 1 aromatic heterocycles. The van der Waals surface area contributed by atoms with E-state index in [0.717, 1.165) is 5.76 Å². The third kappa shape index (κ3) is 3.19. The zero-order chi connectivity index (χ0) is 9.90. The van der Waals surface area contributed by atoms with Gasteiger partial charge in [0.05, 0.1) is 17.1 Å². The van der Waals surface area contributed by atoms with Crippen molar-refractivity contribution in [3.8, 4) is 0 Å². The van der Waals surface area contributed by atoms with Crippen molar-refractivity contribution in [2.75, 3.05) is 0 Å². The Bertz CT molecular complexity index is 304. The van der Waals surface area contributed by atoms with E-state index in [1.807, 2.05) is 26.8 Å². The molecule has 0 spiro atoms. The lowest BCUT2D eigenvalue weighted by Crippen LogP contribution is -2.19. The lowest BCUT2D eigenvalue weighted by molar-refractivity contribution is 0.557. The van der Waals surface area contributed by atoms with Gasteiger partial charge in [0.2, 0.25) is 0 Å². The molecular weight excluding hydrogens is 184 g/mol. The minimum Gasteiger partial charge on any atom is -0.465 e. The van der Waals surface area contributed by atoms with E-state index >= 15 is 0 Å². The fourth-order valence-corrected chi connectivity index (χ4v) is 1.39. The van der Waals surface area contributed by atoms with Gasteiger partial charge in [-0.05, 0) is 39.0 Å². The van der Waals surface area contributed by atoms with Crippen LogP contribution >= 0.6 is 0 Å². The average molecular weight is 198 g/mol. The van der Waals surface area contributed by atoms with Gasteiger partial charge in [0, 0.05) is 10.2 Å². The fourth-order valence-electron chi connectivity index (χ4n) is 0.719. The standard InChI is InChI=1S/C10H14O2S/c1-10(2,3)13(11)8-6-9-5-4-7-12-9/h4-8H,1-3H3/b8-6+. The molecule has 0 fully saturated rings. The molecule has 1 atom stereocenters. The highest BCUT2D eigenvalue weighted by Gasteiger charge is 2.16. The maximum atomic E-state index is 11.5. The van der Waals surface area contributed by atoms with Crippen molar-refractivity contribution in [2.24, 2.45) is 0 Å². The van der Waals surface area contributed by atoms with Crippen molar-refractivity contribution in [1.29, 1.82) is 0 Å². The molecule has 3 heteroatoms. The second-order valence-corrected chi connectivity index (χ2v) is 5.82. The summed E-state index contributed by atoms with van der Waals surface area (Å²) in [7, 11) is -0.962. The Hall–Kier alpha value is -0.830. The van der Waals surface area contributed by atoms with E-state index in [1.165, 1.54) is 0 Å². The fraction of sp³-hybridized carbons (Fsp3) is 0.400. The van der Waals surface area contributed by atoms with Crippen LogP contribution in [0.2, 0.25) is 0 Å². The maximum Gasteiger partial charge on any atom is 0.127 e. The molecule has 0 N–H and O–H groups in total. The van der Waals surface area contributed by atoms with Gasteiger partial charge < -0.3 is 4.42 Å². The minimum atomic E-state index is -0.962. The van der Waals surface area contributed by atoms with Gasteiger partial charge in [-0.25, -0.2) is 0 Å². The van der Waals surface area contributed by atoms with E-state index in [0.29, 0.717) is 0 Å². The molecule has 0 saturated heterocycles. The smallest absolute Gasteiger partial charge is 0.127 e. The van der Waals surface area contributed by atoms with E-state index in [4.69, 9.17) is 4.42 Å². The summed E-state index contributed by atoms with van der Waals surface area (Å²) < 4.78 is 16.4. The van der Waals surface area contributed by atoms with Crippen molar-refractivity contribution in [2.45, 2.75) is 25.5 Å². The highest BCUT2D eigenvalue weighted by Crippen LogP contribution is 2.13. The second-order valence-electron chi connectivity index (χ2n) is 3.73. The first-order valence-corrected chi connectivity index (χ1v) is 5.34. The van der Waals surface area contributed by atoms with Crippen LogP contribution < -0.4 is 0 Å². The SMILES string of the molecule is CC(C)(C)S(=O)/C=C/c1ccco1. The Labute approximate surface area is 81.1 Å². The van der Waals surface area contributed by atoms with Crippen molar-refractivity contribution >= 4 is 16.9 Å². The van der Waals surface area contributed by atoms with Gasteiger partial charge in [0.1, 0.15) is 5.76 Å². The van der Waals surface area contributed by atoms with Gasteiger partial charge in [-0.15, -0.1) is 0 Å². The molecule has 1 unspecified atom stereocenters. The predicted molar refractivity (Wildman–Crippen MR) is 55.6 cm³/mol. The van der Waals surface area contributed by atoms with Crippen LogP contribution in [0.3, 0.4) is 0 Å². The average Bonchev–Trinajstić information content (AvgIpc) is 2.50. The molecule has 0 bridgehead atoms. The molecule has 0 aliphatic heterocycles. The van der Waals surface area contributed by atoms with Crippen LogP contribution in [-0.4, -0.2) is 8.96 Å².